The zero-order chi connectivity index (χ0) is 18.8. The van der Waals surface area contributed by atoms with Crippen LogP contribution in [0.15, 0.2) is 28.7 Å². The zero-order valence-electron chi connectivity index (χ0n) is 16.1. The third-order valence-electron chi connectivity index (χ3n) is 5.49. The van der Waals surface area contributed by atoms with Gasteiger partial charge in [0, 0.05) is 39.6 Å². The molecule has 7 heteroatoms. The maximum absolute atomic E-state index is 13.1. The molecular formula is C20H27N5O2. The van der Waals surface area contributed by atoms with Crippen molar-refractivity contribution in [2.45, 2.75) is 39.3 Å². The third kappa shape index (κ3) is 3.98. The van der Waals surface area contributed by atoms with E-state index in [4.69, 9.17) is 4.42 Å². The Kier molecular flexibility index (Phi) is 5.11. The van der Waals surface area contributed by atoms with Crippen molar-refractivity contribution in [1.82, 2.24) is 20.0 Å². The van der Waals surface area contributed by atoms with Gasteiger partial charge in [-0.25, -0.2) is 0 Å². The molecule has 2 aromatic rings. The Labute approximate surface area is 159 Å². The molecule has 2 aliphatic rings. The lowest BCUT2D eigenvalue weighted by molar-refractivity contribution is -0.136. The number of aryl methyl sites for hydroxylation is 2. The number of carbonyl (C=O) groups is 1. The van der Waals surface area contributed by atoms with Crippen LogP contribution in [0.2, 0.25) is 0 Å². The normalized spacial score (nSPS) is 21.0. The predicted octanol–water partition coefficient (Wildman–Crippen LogP) is 2.00. The Morgan fingerprint density at radius 3 is 2.67 bits per heavy atom. The van der Waals surface area contributed by atoms with E-state index in [1.807, 2.05) is 4.90 Å². The number of nitrogens with zero attached hydrogens (tertiary/aromatic N) is 5. The molecule has 1 atom stereocenters. The van der Waals surface area contributed by atoms with Gasteiger partial charge in [0.05, 0.1) is 6.04 Å². The van der Waals surface area contributed by atoms with Crippen LogP contribution in [0.3, 0.4) is 0 Å². The Hall–Kier alpha value is -2.41. The van der Waals surface area contributed by atoms with Crippen molar-refractivity contribution in [2.75, 3.05) is 37.6 Å². The number of hydrogen-bond acceptors (Lipinski definition) is 6. The first-order chi connectivity index (χ1) is 13.1. The number of piperazine rings is 1. The van der Waals surface area contributed by atoms with E-state index < -0.39 is 0 Å². The van der Waals surface area contributed by atoms with Gasteiger partial charge in [-0.1, -0.05) is 34.9 Å². The number of carbonyl (C=O) groups excluding carboxylic acids is 1. The highest BCUT2D eigenvalue weighted by atomic mass is 16.4. The predicted molar refractivity (Wildman–Crippen MR) is 102 cm³/mol. The number of rotatable bonds is 4. The standard InChI is InChI=1S/C20H27N5O2/c1-15-5-3-6-17(13-15)14-25-8-4-7-18(25)19(26)23-9-11-24(12-10-23)20-22-21-16(2)27-20/h3,5-6,13,18H,4,7-12,14H2,1-2H3. The first-order valence-corrected chi connectivity index (χ1v) is 9.73. The minimum absolute atomic E-state index is 0.00251. The lowest BCUT2D eigenvalue weighted by Gasteiger charge is -2.36. The molecule has 0 N–H and O–H groups in total. The summed E-state index contributed by atoms with van der Waals surface area (Å²) < 4.78 is 5.50. The maximum Gasteiger partial charge on any atom is 0.318 e. The fraction of sp³-hybridized carbons (Fsp3) is 0.550. The summed E-state index contributed by atoms with van der Waals surface area (Å²) in [5.74, 6) is 0.836. The molecule has 1 aromatic carbocycles. The van der Waals surface area contributed by atoms with Crippen molar-refractivity contribution in [3.63, 3.8) is 0 Å². The second kappa shape index (κ2) is 7.68. The van der Waals surface area contributed by atoms with Gasteiger partial charge < -0.3 is 14.2 Å². The lowest BCUT2D eigenvalue weighted by Crippen LogP contribution is -2.53. The number of likely N-dealkylation sites (tertiary alicyclic amines) is 1. The Bertz CT molecular complexity index is 797. The van der Waals surface area contributed by atoms with Crippen LogP contribution in [0.5, 0.6) is 0 Å². The molecule has 0 saturated carbocycles. The van der Waals surface area contributed by atoms with Gasteiger partial charge in [-0.2, -0.15) is 0 Å². The molecule has 3 heterocycles. The van der Waals surface area contributed by atoms with E-state index in [-0.39, 0.29) is 11.9 Å². The molecule has 0 bridgehead atoms. The SMILES string of the molecule is Cc1cccc(CN2CCCC2C(=O)N2CCN(c3nnc(C)o3)CC2)c1. The molecule has 27 heavy (non-hydrogen) atoms. The summed E-state index contributed by atoms with van der Waals surface area (Å²) in [6, 6.07) is 9.13. The van der Waals surface area contributed by atoms with Gasteiger partial charge >= 0.3 is 6.01 Å². The van der Waals surface area contributed by atoms with Crippen molar-refractivity contribution < 1.29 is 9.21 Å². The first-order valence-electron chi connectivity index (χ1n) is 9.73. The second-order valence-electron chi connectivity index (χ2n) is 7.53. The van der Waals surface area contributed by atoms with Crippen molar-refractivity contribution in [1.29, 1.82) is 0 Å². The second-order valence-corrected chi connectivity index (χ2v) is 7.53. The molecule has 0 spiro atoms. The largest absolute Gasteiger partial charge is 0.408 e. The number of anilines is 1. The topological polar surface area (TPSA) is 65.7 Å². The van der Waals surface area contributed by atoms with E-state index in [1.165, 1.54) is 11.1 Å². The number of amides is 1. The van der Waals surface area contributed by atoms with Crippen molar-refractivity contribution in [2.24, 2.45) is 0 Å². The number of aromatic nitrogens is 2. The van der Waals surface area contributed by atoms with Crippen molar-refractivity contribution >= 4 is 11.9 Å². The summed E-state index contributed by atoms with van der Waals surface area (Å²) >= 11 is 0. The van der Waals surface area contributed by atoms with E-state index in [1.54, 1.807) is 6.92 Å². The van der Waals surface area contributed by atoms with Crippen molar-refractivity contribution in [3.8, 4) is 0 Å². The molecular weight excluding hydrogens is 342 g/mol. The van der Waals surface area contributed by atoms with Crippen LogP contribution in [0, 0.1) is 13.8 Å². The van der Waals surface area contributed by atoms with Crippen LogP contribution < -0.4 is 4.90 Å². The molecule has 1 aromatic heterocycles. The van der Waals surface area contributed by atoms with E-state index in [2.05, 4.69) is 51.2 Å². The molecule has 1 amide bonds. The highest BCUT2D eigenvalue weighted by molar-refractivity contribution is 5.82. The minimum Gasteiger partial charge on any atom is -0.408 e. The quantitative estimate of drug-likeness (QED) is 0.821. The minimum atomic E-state index is 0.00251. The summed E-state index contributed by atoms with van der Waals surface area (Å²) in [5, 5.41) is 7.97. The van der Waals surface area contributed by atoms with Crippen LogP contribution in [-0.2, 0) is 11.3 Å². The van der Waals surface area contributed by atoms with Gasteiger partial charge in [0.15, 0.2) is 0 Å². The lowest BCUT2D eigenvalue weighted by atomic mass is 10.1. The van der Waals surface area contributed by atoms with Crippen LogP contribution in [-0.4, -0.2) is 64.7 Å². The summed E-state index contributed by atoms with van der Waals surface area (Å²) in [6.45, 7) is 8.62. The van der Waals surface area contributed by atoms with Crippen LogP contribution >= 0.6 is 0 Å². The molecule has 2 aliphatic heterocycles. The molecule has 4 rings (SSSR count). The molecule has 0 radical (unpaired) electrons. The monoisotopic (exact) mass is 369 g/mol. The van der Waals surface area contributed by atoms with Gasteiger partial charge in [-0.15, -0.1) is 5.10 Å². The van der Waals surface area contributed by atoms with Gasteiger partial charge in [-0.05, 0) is 31.9 Å². The fourth-order valence-corrected chi connectivity index (χ4v) is 4.08. The third-order valence-corrected chi connectivity index (χ3v) is 5.49. The van der Waals surface area contributed by atoms with Crippen LogP contribution in [0.4, 0.5) is 6.01 Å². The van der Waals surface area contributed by atoms with Gasteiger partial charge in [-0.3, -0.25) is 9.69 Å². The van der Waals surface area contributed by atoms with Crippen LogP contribution in [0.25, 0.3) is 0 Å². The zero-order valence-corrected chi connectivity index (χ0v) is 16.1. The summed E-state index contributed by atoms with van der Waals surface area (Å²) in [5.41, 5.74) is 2.55. The van der Waals surface area contributed by atoms with Gasteiger partial charge in [0.25, 0.3) is 0 Å². The summed E-state index contributed by atoms with van der Waals surface area (Å²) in [7, 11) is 0. The molecule has 0 aliphatic carbocycles. The highest BCUT2D eigenvalue weighted by Crippen LogP contribution is 2.23. The fourth-order valence-electron chi connectivity index (χ4n) is 4.08. The first kappa shape index (κ1) is 18.0. The van der Waals surface area contributed by atoms with E-state index in [0.29, 0.717) is 25.0 Å². The van der Waals surface area contributed by atoms with E-state index >= 15 is 0 Å². The molecule has 2 saturated heterocycles. The average Bonchev–Trinajstić information content (AvgIpc) is 3.30. The maximum atomic E-state index is 13.1. The Morgan fingerprint density at radius 2 is 1.96 bits per heavy atom. The van der Waals surface area contributed by atoms with Crippen LogP contribution in [0.1, 0.15) is 29.9 Å². The molecule has 7 nitrogen and oxygen atoms in total. The van der Waals surface area contributed by atoms with Crippen molar-refractivity contribution in [3.05, 3.63) is 41.3 Å². The Balaban J connectivity index is 1.36. The average molecular weight is 369 g/mol. The molecule has 2 fully saturated rings. The highest BCUT2D eigenvalue weighted by Gasteiger charge is 2.35. The van der Waals surface area contributed by atoms with E-state index in [0.717, 1.165) is 39.0 Å². The summed E-state index contributed by atoms with van der Waals surface area (Å²) in [6.07, 6.45) is 2.04. The van der Waals surface area contributed by atoms with Gasteiger partial charge in [0.1, 0.15) is 0 Å². The Morgan fingerprint density at radius 1 is 1.15 bits per heavy atom. The van der Waals surface area contributed by atoms with E-state index in [9.17, 15) is 4.79 Å². The summed E-state index contributed by atoms with van der Waals surface area (Å²) in [4.78, 5) is 19.5. The smallest absolute Gasteiger partial charge is 0.318 e. The number of hydrogen-bond donors (Lipinski definition) is 0. The molecule has 144 valence electrons. The number of benzene rings is 1. The van der Waals surface area contributed by atoms with Gasteiger partial charge in [0.2, 0.25) is 11.8 Å². The molecule has 1 unspecified atom stereocenters.